The van der Waals surface area contributed by atoms with E-state index in [9.17, 15) is 4.79 Å². The van der Waals surface area contributed by atoms with Crippen LogP contribution in [0.3, 0.4) is 0 Å². The van der Waals surface area contributed by atoms with E-state index >= 15 is 0 Å². The van der Waals surface area contributed by atoms with Crippen LogP contribution in [0.2, 0.25) is 5.02 Å². The van der Waals surface area contributed by atoms with Crippen molar-refractivity contribution in [3.05, 3.63) is 23.2 Å². The quantitative estimate of drug-likeness (QED) is 0.821. The molecule has 0 aromatic heterocycles. The smallest absolute Gasteiger partial charge is 0.227 e. The molecular weight excluding hydrogens is 250 g/mol. The molecule has 1 fully saturated rings. The maximum Gasteiger partial charge on any atom is 0.227 e. The fraction of sp³-hybridized carbons (Fsp3) is 0.500. The summed E-state index contributed by atoms with van der Waals surface area (Å²) >= 11 is 6.00. The normalized spacial score (nSPS) is 20.0. The van der Waals surface area contributed by atoms with E-state index in [1.165, 1.54) is 0 Å². The van der Waals surface area contributed by atoms with Crippen LogP contribution in [0.4, 0.5) is 5.69 Å². The lowest BCUT2D eigenvalue weighted by molar-refractivity contribution is -0.119. The number of rotatable bonds is 2. The molecule has 0 radical (unpaired) electrons. The predicted molar refractivity (Wildman–Crippen MR) is 71.3 cm³/mol. The third kappa shape index (κ3) is 2.19. The summed E-state index contributed by atoms with van der Waals surface area (Å²) in [6.07, 6.45) is 2.94. The van der Waals surface area contributed by atoms with E-state index in [0.29, 0.717) is 24.6 Å². The van der Waals surface area contributed by atoms with Crippen LogP contribution in [0.25, 0.3) is 0 Å². The summed E-state index contributed by atoms with van der Waals surface area (Å²) in [5, 5.41) is 0.634. The number of amides is 1. The number of ether oxygens (including phenoxy) is 1. The van der Waals surface area contributed by atoms with Crippen LogP contribution in [-0.2, 0) is 4.79 Å². The van der Waals surface area contributed by atoms with Gasteiger partial charge in [0.1, 0.15) is 12.4 Å². The third-order valence-corrected chi connectivity index (χ3v) is 4.00. The van der Waals surface area contributed by atoms with E-state index in [1.54, 1.807) is 6.07 Å². The lowest BCUT2D eigenvalue weighted by Crippen LogP contribution is -2.38. The highest BCUT2D eigenvalue weighted by Crippen LogP contribution is 2.49. The van der Waals surface area contributed by atoms with Crippen molar-refractivity contribution in [2.24, 2.45) is 5.41 Å². The number of hydrogen-bond acceptors (Lipinski definition) is 2. The van der Waals surface area contributed by atoms with E-state index in [4.69, 9.17) is 16.3 Å². The molecule has 3 rings (SSSR count). The van der Waals surface area contributed by atoms with Crippen LogP contribution in [-0.4, -0.2) is 19.1 Å². The van der Waals surface area contributed by atoms with Gasteiger partial charge in [-0.3, -0.25) is 4.79 Å². The molecule has 1 aromatic rings. The summed E-state index contributed by atoms with van der Waals surface area (Å²) < 4.78 is 5.55. The van der Waals surface area contributed by atoms with Gasteiger partial charge >= 0.3 is 0 Å². The molecule has 1 aliphatic heterocycles. The number of carbonyl (C=O) groups is 1. The summed E-state index contributed by atoms with van der Waals surface area (Å²) in [6, 6.07) is 5.43. The molecule has 1 amide bonds. The second-order valence-electron chi connectivity index (χ2n) is 5.49. The van der Waals surface area contributed by atoms with Crippen molar-refractivity contribution in [2.75, 3.05) is 18.1 Å². The Morgan fingerprint density at radius 2 is 2.28 bits per heavy atom. The molecule has 0 unspecified atom stereocenters. The molecule has 4 heteroatoms. The minimum atomic E-state index is 0.182. The Hall–Kier alpha value is -1.22. The number of halogens is 1. The van der Waals surface area contributed by atoms with Crippen molar-refractivity contribution < 1.29 is 9.53 Å². The van der Waals surface area contributed by atoms with Crippen LogP contribution in [0.15, 0.2) is 18.2 Å². The molecule has 0 saturated heterocycles. The zero-order valence-electron chi connectivity index (χ0n) is 10.4. The van der Waals surface area contributed by atoms with Crippen molar-refractivity contribution in [2.45, 2.75) is 26.2 Å². The molecule has 1 aliphatic carbocycles. The Morgan fingerprint density at radius 3 is 3.00 bits per heavy atom. The highest BCUT2D eigenvalue weighted by atomic mass is 35.5. The lowest BCUT2D eigenvalue weighted by Gasteiger charge is -2.30. The van der Waals surface area contributed by atoms with Crippen molar-refractivity contribution in [1.82, 2.24) is 0 Å². The van der Waals surface area contributed by atoms with Crippen LogP contribution in [0, 0.1) is 5.41 Å². The van der Waals surface area contributed by atoms with Gasteiger partial charge in [0.15, 0.2) is 0 Å². The second-order valence-corrected chi connectivity index (χ2v) is 5.93. The highest BCUT2D eigenvalue weighted by molar-refractivity contribution is 6.31. The van der Waals surface area contributed by atoms with E-state index in [0.717, 1.165) is 24.3 Å². The molecule has 1 aromatic carbocycles. The maximum atomic E-state index is 12.4. The summed E-state index contributed by atoms with van der Waals surface area (Å²) in [5.41, 5.74) is 1.04. The SMILES string of the molecule is CC1(CC(=O)N2CCOc3ccc(Cl)cc32)CC1. The van der Waals surface area contributed by atoms with Crippen molar-refractivity contribution in [3.63, 3.8) is 0 Å². The zero-order valence-corrected chi connectivity index (χ0v) is 11.2. The maximum absolute atomic E-state index is 12.4. The van der Waals surface area contributed by atoms with Gasteiger partial charge in [-0.1, -0.05) is 18.5 Å². The summed E-state index contributed by atoms with van der Waals surface area (Å²) in [5.74, 6) is 0.932. The first-order valence-corrected chi connectivity index (χ1v) is 6.68. The zero-order chi connectivity index (χ0) is 12.8. The van der Waals surface area contributed by atoms with Crippen LogP contribution in [0.5, 0.6) is 5.75 Å². The fourth-order valence-electron chi connectivity index (χ4n) is 2.30. The van der Waals surface area contributed by atoms with Crippen LogP contribution in [0.1, 0.15) is 26.2 Å². The molecular formula is C14H16ClNO2. The molecule has 18 heavy (non-hydrogen) atoms. The molecule has 1 saturated carbocycles. The first-order valence-electron chi connectivity index (χ1n) is 6.30. The Bertz CT molecular complexity index is 497. The average Bonchev–Trinajstić information content (AvgIpc) is 3.05. The number of anilines is 1. The van der Waals surface area contributed by atoms with Crippen LogP contribution < -0.4 is 9.64 Å². The number of carbonyl (C=O) groups excluding carboxylic acids is 1. The van der Waals surface area contributed by atoms with Crippen molar-refractivity contribution in [3.8, 4) is 5.75 Å². The summed E-state index contributed by atoms with van der Waals surface area (Å²) in [7, 11) is 0. The predicted octanol–water partition coefficient (Wildman–Crippen LogP) is 3.26. The van der Waals surface area contributed by atoms with Crippen molar-refractivity contribution >= 4 is 23.2 Å². The van der Waals surface area contributed by atoms with E-state index in [-0.39, 0.29) is 11.3 Å². The minimum absolute atomic E-state index is 0.182. The molecule has 0 atom stereocenters. The molecule has 3 nitrogen and oxygen atoms in total. The Kier molecular flexibility index (Phi) is 2.74. The van der Waals surface area contributed by atoms with Gasteiger partial charge in [0.05, 0.1) is 12.2 Å². The molecule has 0 bridgehead atoms. The monoisotopic (exact) mass is 265 g/mol. The number of nitrogens with zero attached hydrogens (tertiary/aromatic N) is 1. The number of fused-ring (bicyclic) bond motifs is 1. The first kappa shape index (κ1) is 11.8. The fourth-order valence-corrected chi connectivity index (χ4v) is 2.47. The van der Waals surface area contributed by atoms with Gasteiger partial charge in [0.2, 0.25) is 5.91 Å². The minimum Gasteiger partial charge on any atom is -0.490 e. The van der Waals surface area contributed by atoms with Gasteiger partial charge in [0, 0.05) is 11.4 Å². The standard InChI is InChI=1S/C14H16ClNO2/c1-14(4-5-14)9-13(17)16-6-7-18-12-3-2-10(15)8-11(12)16/h2-3,8H,4-7,9H2,1H3. The van der Waals surface area contributed by atoms with Gasteiger partial charge in [-0.15, -0.1) is 0 Å². The molecule has 0 N–H and O–H groups in total. The van der Waals surface area contributed by atoms with Crippen molar-refractivity contribution in [1.29, 1.82) is 0 Å². The highest BCUT2D eigenvalue weighted by Gasteiger charge is 2.41. The Labute approximate surface area is 112 Å². The van der Waals surface area contributed by atoms with E-state index < -0.39 is 0 Å². The Balaban J connectivity index is 1.86. The van der Waals surface area contributed by atoms with Gasteiger partial charge < -0.3 is 9.64 Å². The van der Waals surface area contributed by atoms with Crippen LogP contribution >= 0.6 is 11.6 Å². The third-order valence-electron chi connectivity index (χ3n) is 3.77. The van der Waals surface area contributed by atoms with Gasteiger partial charge in [0.25, 0.3) is 0 Å². The van der Waals surface area contributed by atoms with Gasteiger partial charge in [-0.25, -0.2) is 0 Å². The first-order chi connectivity index (χ1) is 8.57. The summed E-state index contributed by atoms with van der Waals surface area (Å²) in [4.78, 5) is 14.2. The Morgan fingerprint density at radius 1 is 1.50 bits per heavy atom. The molecule has 96 valence electrons. The van der Waals surface area contributed by atoms with Gasteiger partial charge in [-0.2, -0.15) is 0 Å². The largest absolute Gasteiger partial charge is 0.490 e. The lowest BCUT2D eigenvalue weighted by atomic mass is 10.0. The van der Waals surface area contributed by atoms with E-state index in [1.807, 2.05) is 17.0 Å². The number of hydrogen-bond donors (Lipinski definition) is 0. The second kappa shape index (κ2) is 4.16. The topological polar surface area (TPSA) is 29.5 Å². The average molecular weight is 266 g/mol. The van der Waals surface area contributed by atoms with Gasteiger partial charge in [-0.05, 0) is 36.5 Å². The number of benzene rings is 1. The molecule has 2 aliphatic rings. The van der Waals surface area contributed by atoms with E-state index in [2.05, 4.69) is 6.92 Å². The molecule has 1 heterocycles. The summed E-state index contributed by atoms with van der Waals surface area (Å²) in [6.45, 7) is 3.34. The molecule has 0 spiro atoms.